The van der Waals surface area contributed by atoms with Gasteiger partial charge in [0.15, 0.2) is 0 Å². The van der Waals surface area contributed by atoms with Gasteiger partial charge in [0.1, 0.15) is 5.75 Å². The second-order valence-corrected chi connectivity index (χ2v) is 5.53. The Labute approximate surface area is 128 Å². The summed E-state index contributed by atoms with van der Waals surface area (Å²) in [5.41, 5.74) is 8.27. The summed E-state index contributed by atoms with van der Waals surface area (Å²) in [4.78, 5) is 2.18. The van der Waals surface area contributed by atoms with Crippen molar-refractivity contribution in [2.45, 2.75) is 6.04 Å². The van der Waals surface area contributed by atoms with Crippen LogP contribution in [0.2, 0.25) is 0 Å². The fourth-order valence-corrected chi connectivity index (χ4v) is 2.65. The van der Waals surface area contributed by atoms with Crippen LogP contribution in [0.1, 0.15) is 11.6 Å². The highest BCUT2D eigenvalue weighted by atomic mass is 79.9. The maximum absolute atomic E-state index is 5.97. The van der Waals surface area contributed by atoms with Crippen LogP contribution in [-0.2, 0) is 0 Å². The normalized spacial score (nSPS) is 12.0. The molecule has 2 rings (SSSR count). The summed E-state index contributed by atoms with van der Waals surface area (Å²) in [6.07, 6.45) is 0. The Bertz CT molecular complexity index is 557. The molecule has 2 aromatic rings. The third-order valence-corrected chi connectivity index (χ3v) is 3.90. The SMILES string of the molecule is COc1ccc(N(C)C(CN)c2cccc(Br)c2)cc1. The number of rotatable bonds is 5. The zero-order valence-electron chi connectivity index (χ0n) is 11.7. The van der Waals surface area contributed by atoms with Gasteiger partial charge in [0, 0.05) is 23.8 Å². The predicted molar refractivity (Wildman–Crippen MR) is 87.3 cm³/mol. The van der Waals surface area contributed by atoms with Crippen molar-refractivity contribution in [1.82, 2.24) is 0 Å². The molecule has 0 aliphatic rings. The van der Waals surface area contributed by atoms with Crippen LogP contribution < -0.4 is 15.4 Å². The fourth-order valence-electron chi connectivity index (χ4n) is 2.23. The Morgan fingerprint density at radius 2 is 1.90 bits per heavy atom. The molecule has 0 amide bonds. The van der Waals surface area contributed by atoms with Crippen LogP contribution in [-0.4, -0.2) is 20.7 Å². The van der Waals surface area contributed by atoms with Gasteiger partial charge in [-0.1, -0.05) is 28.1 Å². The van der Waals surface area contributed by atoms with Crippen molar-refractivity contribution in [2.75, 3.05) is 25.6 Å². The first kappa shape index (κ1) is 14.9. The lowest BCUT2D eigenvalue weighted by atomic mass is 10.1. The van der Waals surface area contributed by atoms with E-state index in [1.165, 1.54) is 5.56 Å². The standard InChI is InChI=1S/C16H19BrN2O/c1-19(14-6-8-15(20-2)9-7-14)16(11-18)12-4-3-5-13(17)10-12/h3-10,16H,11,18H2,1-2H3. The average Bonchev–Trinajstić information content (AvgIpc) is 2.48. The lowest BCUT2D eigenvalue weighted by Crippen LogP contribution is -2.30. The molecule has 0 saturated heterocycles. The monoisotopic (exact) mass is 334 g/mol. The zero-order valence-corrected chi connectivity index (χ0v) is 13.3. The van der Waals surface area contributed by atoms with Crippen LogP contribution in [0.3, 0.4) is 0 Å². The maximum atomic E-state index is 5.97. The van der Waals surface area contributed by atoms with Crippen LogP contribution in [0.25, 0.3) is 0 Å². The molecule has 0 bridgehead atoms. The van der Waals surface area contributed by atoms with E-state index in [4.69, 9.17) is 10.5 Å². The van der Waals surface area contributed by atoms with Crippen LogP contribution in [0, 0.1) is 0 Å². The molecule has 3 nitrogen and oxygen atoms in total. The van der Waals surface area contributed by atoms with Gasteiger partial charge in [0.2, 0.25) is 0 Å². The first-order chi connectivity index (χ1) is 9.65. The number of methoxy groups -OCH3 is 1. The molecule has 4 heteroatoms. The molecular weight excluding hydrogens is 316 g/mol. The largest absolute Gasteiger partial charge is 0.497 e. The number of hydrogen-bond acceptors (Lipinski definition) is 3. The Hall–Kier alpha value is -1.52. The van der Waals surface area contributed by atoms with E-state index in [0.29, 0.717) is 6.54 Å². The third-order valence-electron chi connectivity index (χ3n) is 3.40. The quantitative estimate of drug-likeness (QED) is 0.907. The average molecular weight is 335 g/mol. The smallest absolute Gasteiger partial charge is 0.119 e. The van der Waals surface area contributed by atoms with Crippen LogP contribution in [0.15, 0.2) is 53.0 Å². The van der Waals surface area contributed by atoms with E-state index in [-0.39, 0.29) is 6.04 Å². The molecule has 106 valence electrons. The Balaban J connectivity index is 2.26. The summed E-state index contributed by atoms with van der Waals surface area (Å²) in [6, 6.07) is 16.4. The predicted octanol–water partition coefficient (Wildman–Crippen LogP) is 3.59. The van der Waals surface area contributed by atoms with Gasteiger partial charge >= 0.3 is 0 Å². The van der Waals surface area contributed by atoms with Crippen molar-refractivity contribution >= 4 is 21.6 Å². The molecule has 0 aromatic heterocycles. The molecule has 0 radical (unpaired) electrons. The van der Waals surface area contributed by atoms with Gasteiger partial charge in [0.05, 0.1) is 13.2 Å². The Morgan fingerprint density at radius 1 is 1.20 bits per heavy atom. The number of halogens is 1. The van der Waals surface area contributed by atoms with Gasteiger partial charge in [0.25, 0.3) is 0 Å². The van der Waals surface area contributed by atoms with Crippen molar-refractivity contribution in [1.29, 1.82) is 0 Å². The van der Waals surface area contributed by atoms with Crippen molar-refractivity contribution in [3.63, 3.8) is 0 Å². The lowest BCUT2D eigenvalue weighted by Gasteiger charge is -2.29. The molecule has 2 N–H and O–H groups in total. The third kappa shape index (κ3) is 3.32. The minimum absolute atomic E-state index is 0.140. The topological polar surface area (TPSA) is 38.5 Å². The Kier molecular flexibility index (Phi) is 5.04. The molecule has 0 fully saturated rings. The molecule has 0 saturated carbocycles. The highest BCUT2D eigenvalue weighted by Gasteiger charge is 2.16. The zero-order chi connectivity index (χ0) is 14.5. The molecule has 1 unspecified atom stereocenters. The van der Waals surface area contributed by atoms with Crippen molar-refractivity contribution in [3.05, 3.63) is 58.6 Å². The number of hydrogen-bond donors (Lipinski definition) is 1. The highest BCUT2D eigenvalue weighted by Crippen LogP contribution is 2.27. The Morgan fingerprint density at radius 3 is 2.45 bits per heavy atom. The molecule has 0 aliphatic carbocycles. The van der Waals surface area contributed by atoms with Crippen LogP contribution in [0.5, 0.6) is 5.75 Å². The number of anilines is 1. The van der Waals surface area contributed by atoms with Gasteiger partial charge in [-0.2, -0.15) is 0 Å². The van der Waals surface area contributed by atoms with Gasteiger partial charge in [-0.25, -0.2) is 0 Å². The molecule has 0 heterocycles. The summed E-state index contributed by atoms with van der Waals surface area (Å²) in [6.45, 7) is 0.555. The molecule has 0 spiro atoms. The minimum atomic E-state index is 0.140. The maximum Gasteiger partial charge on any atom is 0.119 e. The van der Waals surface area contributed by atoms with Crippen molar-refractivity contribution < 1.29 is 4.74 Å². The van der Waals surface area contributed by atoms with E-state index in [9.17, 15) is 0 Å². The summed E-state index contributed by atoms with van der Waals surface area (Å²) >= 11 is 3.51. The number of nitrogens with zero attached hydrogens (tertiary/aromatic N) is 1. The molecule has 2 aromatic carbocycles. The van der Waals surface area contributed by atoms with Crippen molar-refractivity contribution in [2.24, 2.45) is 5.73 Å². The van der Waals surface area contributed by atoms with Gasteiger partial charge in [-0.15, -0.1) is 0 Å². The van der Waals surface area contributed by atoms with E-state index in [1.54, 1.807) is 7.11 Å². The first-order valence-electron chi connectivity index (χ1n) is 6.48. The number of ether oxygens (including phenoxy) is 1. The second-order valence-electron chi connectivity index (χ2n) is 4.62. The number of benzene rings is 2. The molecular formula is C16H19BrN2O. The van der Waals surface area contributed by atoms with Gasteiger partial charge < -0.3 is 15.4 Å². The molecule has 20 heavy (non-hydrogen) atoms. The van der Waals surface area contributed by atoms with E-state index < -0.39 is 0 Å². The van der Waals surface area contributed by atoms with Crippen LogP contribution in [0.4, 0.5) is 5.69 Å². The summed E-state index contributed by atoms with van der Waals surface area (Å²) < 4.78 is 6.25. The first-order valence-corrected chi connectivity index (χ1v) is 7.27. The summed E-state index contributed by atoms with van der Waals surface area (Å²) in [5, 5.41) is 0. The summed E-state index contributed by atoms with van der Waals surface area (Å²) in [5.74, 6) is 0.855. The summed E-state index contributed by atoms with van der Waals surface area (Å²) in [7, 11) is 3.73. The fraction of sp³-hybridized carbons (Fsp3) is 0.250. The van der Waals surface area contributed by atoms with E-state index in [2.05, 4.69) is 40.0 Å². The molecule has 0 aliphatic heterocycles. The number of nitrogens with two attached hydrogens (primary N) is 1. The van der Waals surface area contributed by atoms with Crippen LogP contribution >= 0.6 is 15.9 Å². The van der Waals surface area contributed by atoms with E-state index >= 15 is 0 Å². The highest BCUT2D eigenvalue weighted by molar-refractivity contribution is 9.10. The van der Waals surface area contributed by atoms with Crippen molar-refractivity contribution in [3.8, 4) is 5.75 Å². The van der Waals surface area contributed by atoms with Gasteiger partial charge in [-0.05, 0) is 42.0 Å². The van der Waals surface area contributed by atoms with E-state index in [0.717, 1.165) is 15.9 Å². The van der Waals surface area contributed by atoms with E-state index in [1.807, 2.05) is 36.4 Å². The number of likely N-dealkylation sites (N-methyl/N-ethyl adjacent to an activating group) is 1. The molecule has 1 atom stereocenters. The second kappa shape index (κ2) is 6.77. The van der Waals surface area contributed by atoms with Gasteiger partial charge in [-0.3, -0.25) is 0 Å². The minimum Gasteiger partial charge on any atom is -0.497 e. The lowest BCUT2D eigenvalue weighted by molar-refractivity contribution is 0.415.